The molecule has 53 heavy (non-hydrogen) atoms. The molecule has 0 saturated carbocycles. The van der Waals surface area contributed by atoms with Gasteiger partial charge in [-0.3, -0.25) is 14.4 Å². The highest BCUT2D eigenvalue weighted by atomic mass is 16.5. The number of fused-ring (bicyclic) bond motifs is 2. The molecule has 3 aromatic rings. The normalized spacial score (nSPS) is 17.7. The minimum Gasteiger partial charge on any atom is -0.507 e. The summed E-state index contributed by atoms with van der Waals surface area (Å²) in [5.41, 5.74) is 2.59. The molecule has 0 fully saturated rings. The van der Waals surface area contributed by atoms with Crippen molar-refractivity contribution in [2.75, 3.05) is 34.4 Å². The molecule has 1 unspecified atom stereocenters. The number of carbonyl (C=O) groups excluding carboxylic acids is 4. The third-order valence-electron chi connectivity index (χ3n) is 9.80. The Morgan fingerprint density at radius 1 is 0.962 bits per heavy atom. The first-order chi connectivity index (χ1) is 25.5. The predicted molar refractivity (Wildman–Crippen MR) is 198 cm³/mol. The number of benzene rings is 3. The number of carbonyl (C=O) groups is 4. The number of amides is 2. The summed E-state index contributed by atoms with van der Waals surface area (Å²) in [6, 6.07) is 12.5. The van der Waals surface area contributed by atoms with Crippen LogP contribution in [0.1, 0.15) is 96.0 Å². The molecule has 0 saturated heterocycles. The fourth-order valence-electron chi connectivity index (χ4n) is 6.96. The second-order valence-corrected chi connectivity index (χ2v) is 13.4. The summed E-state index contributed by atoms with van der Waals surface area (Å²) in [5.74, 6) is -2.65. The Kier molecular flexibility index (Phi) is 13.0. The number of cyclic esters (lactones) is 1. The fourth-order valence-corrected chi connectivity index (χ4v) is 6.96. The second kappa shape index (κ2) is 17.8. The van der Waals surface area contributed by atoms with Gasteiger partial charge in [0.05, 0.1) is 34.0 Å². The summed E-state index contributed by atoms with van der Waals surface area (Å²) >= 11 is 0. The monoisotopic (exact) mass is 728 g/mol. The van der Waals surface area contributed by atoms with Crippen LogP contribution in [0.3, 0.4) is 0 Å². The number of esters is 1. The van der Waals surface area contributed by atoms with Crippen LogP contribution in [-0.2, 0) is 32.1 Å². The maximum atomic E-state index is 13.8. The molecular formula is C41H48N2O10. The lowest BCUT2D eigenvalue weighted by Gasteiger charge is -2.29. The van der Waals surface area contributed by atoms with Crippen molar-refractivity contribution in [3.63, 3.8) is 0 Å². The number of nitrogens with zero attached hydrogens (tertiary/aromatic N) is 1. The van der Waals surface area contributed by atoms with E-state index in [2.05, 4.69) is 5.32 Å². The zero-order valence-electron chi connectivity index (χ0n) is 30.7. The fraction of sp³-hybridized carbons (Fsp3) is 0.415. The molecule has 3 N–H and O–H groups in total. The van der Waals surface area contributed by atoms with Gasteiger partial charge in [0.1, 0.15) is 22.8 Å². The lowest BCUT2D eigenvalue weighted by Crippen LogP contribution is -2.42. The second-order valence-electron chi connectivity index (χ2n) is 13.4. The Balaban J connectivity index is 1.52. The van der Waals surface area contributed by atoms with Crippen LogP contribution >= 0.6 is 0 Å². The van der Waals surface area contributed by atoms with Crippen LogP contribution < -0.4 is 19.5 Å². The Hall–Kier alpha value is -5.52. The van der Waals surface area contributed by atoms with Crippen LogP contribution in [0, 0.1) is 0 Å². The van der Waals surface area contributed by atoms with Gasteiger partial charge in [0.2, 0.25) is 17.6 Å². The van der Waals surface area contributed by atoms with E-state index in [9.17, 15) is 29.4 Å². The third-order valence-corrected chi connectivity index (χ3v) is 9.80. The number of hydrogen-bond acceptors (Lipinski definition) is 10. The molecule has 2 amide bonds. The Morgan fingerprint density at radius 2 is 1.66 bits per heavy atom. The molecule has 2 heterocycles. The first-order valence-corrected chi connectivity index (χ1v) is 17.9. The standard InChI is InChI=1S/C41H48N2O10/c1-25-11-10-16-30(44)15-7-5-6-13-27-19-32(45)38(39(48)37(27)41(49)53-25)31(29-20-33(50-2)40(52-4)34(21-29)51-3)22-35(46)42-23-36(47)43-18-17-26-12-8-9-14-28(26)24-43/h6,8-9,12-14,19-21,25,31,45,48H,5,7,10-11,15-18,22-24H2,1-4H3,(H,42,46)/b13-6+/t25-,31?/m0/s1. The zero-order chi connectivity index (χ0) is 38.1. The molecule has 0 radical (unpaired) electrons. The van der Waals surface area contributed by atoms with Crippen molar-refractivity contribution in [1.29, 1.82) is 0 Å². The minimum absolute atomic E-state index is 0.100. The molecule has 0 aromatic heterocycles. The summed E-state index contributed by atoms with van der Waals surface area (Å²) in [6.45, 7) is 2.43. The highest BCUT2D eigenvalue weighted by Gasteiger charge is 2.32. The van der Waals surface area contributed by atoms with E-state index in [0.29, 0.717) is 63.6 Å². The molecule has 0 spiro atoms. The maximum absolute atomic E-state index is 13.8. The van der Waals surface area contributed by atoms with Crippen LogP contribution in [-0.4, -0.2) is 79.2 Å². The Bertz CT molecular complexity index is 1840. The van der Waals surface area contributed by atoms with E-state index < -0.39 is 29.6 Å². The number of methoxy groups -OCH3 is 3. The van der Waals surface area contributed by atoms with Crippen LogP contribution in [0.25, 0.3) is 6.08 Å². The summed E-state index contributed by atoms with van der Waals surface area (Å²) in [5, 5.41) is 26.3. The number of allylic oxidation sites excluding steroid dienone is 1. The SMILES string of the molecule is COc1cc(C(CC(=O)NCC(=O)N2CCc3ccccc3C2)c2c(O)cc3c(c2O)C(=O)O[C@@H](C)CCCC(=O)CCC/C=C/3)cc(OC)c1OC. The topological polar surface area (TPSA) is 161 Å². The van der Waals surface area contributed by atoms with Crippen molar-refractivity contribution in [1.82, 2.24) is 10.2 Å². The van der Waals surface area contributed by atoms with E-state index in [4.69, 9.17) is 18.9 Å². The summed E-state index contributed by atoms with van der Waals surface area (Å²) < 4.78 is 22.4. The van der Waals surface area contributed by atoms with Gasteiger partial charge in [-0.15, -0.1) is 0 Å². The molecule has 5 rings (SSSR count). The molecule has 3 aromatic carbocycles. The predicted octanol–water partition coefficient (Wildman–Crippen LogP) is 5.83. The van der Waals surface area contributed by atoms with Gasteiger partial charge in [-0.1, -0.05) is 36.4 Å². The number of phenolic OH excluding ortho intramolecular Hbond substituents is 2. The first kappa shape index (κ1) is 38.7. The van der Waals surface area contributed by atoms with Crippen LogP contribution in [0.15, 0.2) is 48.5 Å². The first-order valence-electron chi connectivity index (χ1n) is 17.9. The number of Topliss-reactive ketones (excluding diaryl/α,β-unsaturated/α-hetero) is 1. The average molecular weight is 729 g/mol. The number of nitrogens with one attached hydrogen (secondary N) is 1. The molecule has 282 valence electrons. The van der Waals surface area contributed by atoms with E-state index in [1.165, 1.54) is 33.0 Å². The number of ether oxygens (including phenoxy) is 4. The summed E-state index contributed by atoms with van der Waals surface area (Å²) in [6.07, 6.45) is 6.16. The number of aromatic hydroxyl groups is 2. The minimum atomic E-state index is -1.07. The molecule has 2 aliphatic heterocycles. The van der Waals surface area contributed by atoms with Gasteiger partial charge in [-0.25, -0.2) is 4.79 Å². The molecular weight excluding hydrogens is 680 g/mol. The molecule has 12 heteroatoms. The van der Waals surface area contributed by atoms with Crippen molar-refractivity contribution >= 4 is 29.6 Å². The molecule has 12 nitrogen and oxygen atoms in total. The van der Waals surface area contributed by atoms with Crippen molar-refractivity contribution in [3.8, 4) is 28.7 Å². The van der Waals surface area contributed by atoms with E-state index in [-0.39, 0.29) is 64.3 Å². The zero-order valence-corrected chi connectivity index (χ0v) is 30.7. The van der Waals surface area contributed by atoms with Crippen LogP contribution in [0.2, 0.25) is 0 Å². The van der Waals surface area contributed by atoms with E-state index in [1.54, 1.807) is 36.1 Å². The molecule has 2 aliphatic rings. The Morgan fingerprint density at radius 3 is 2.36 bits per heavy atom. The quantitative estimate of drug-likeness (QED) is 0.229. The van der Waals surface area contributed by atoms with Crippen molar-refractivity contribution < 1.29 is 48.3 Å². The number of ketones is 1. The molecule has 2 atom stereocenters. The van der Waals surface area contributed by atoms with Gasteiger partial charge in [-0.05, 0) is 79.5 Å². The lowest BCUT2D eigenvalue weighted by atomic mass is 9.84. The van der Waals surface area contributed by atoms with Gasteiger partial charge < -0.3 is 39.4 Å². The Labute approximate surface area is 309 Å². The van der Waals surface area contributed by atoms with Crippen LogP contribution in [0.4, 0.5) is 0 Å². The van der Waals surface area contributed by atoms with Crippen molar-refractivity contribution in [2.24, 2.45) is 0 Å². The lowest BCUT2D eigenvalue weighted by molar-refractivity contribution is -0.133. The van der Waals surface area contributed by atoms with Crippen molar-refractivity contribution in [3.05, 3.63) is 81.9 Å². The third kappa shape index (κ3) is 9.29. The smallest absolute Gasteiger partial charge is 0.342 e. The summed E-state index contributed by atoms with van der Waals surface area (Å²) in [7, 11) is 4.33. The van der Waals surface area contributed by atoms with Crippen LogP contribution in [0.5, 0.6) is 28.7 Å². The summed E-state index contributed by atoms with van der Waals surface area (Å²) in [4.78, 5) is 54.6. The largest absolute Gasteiger partial charge is 0.507 e. The average Bonchev–Trinajstić information content (AvgIpc) is 3.14. The van der Waals surface area contributed by atoms with Crippen molar-refractivity contribution in [2.45, 2.75) is 76.9 Å². The van der Waals surface area contributed by atoms with Gasteiger partial charge in [0.15, 0.2) is 11.5 Å². The number of rotatable bonds is 9. The van der Waals surface area contributed by atoms with E-state index in [1.807, 2.05) is 24.3 Å². The van der Waals surface area contributed by atoms with Gasteiger partial charge in [0, 0.05) is 43.8 Å². The molecule has 0 aliphatic carbocycles. The van der Waals surface area contributed by atoms with Gasteiger partial charge >= 0.3 is 5.97 Å². The number of hydrogen-bond donors (Lipinski definition) is 3. The maximum Gasteiger partial charge on any atom is 0.342 e. The van der Waals surface area contributed by atoms with E-state index in [0.717, 1.165) is 5.56 Å². The van der Waals surface area contributed by atoms with Gasteiger partial charge in [0.25, 0.3) is 0 Å². The highest BCUT2D eigenvalue weighted by molar-refractivity contribution is 5.98. The van der Waals surface area contributed by atoms with E-state index >= 15 is 0 Å². The van der Waals surface area contributed by atoms with Gasteiger partial charge in [-0.2, -0.15) is 0 Å². The highest BCUT2D eigenvalue weighted by Crippen LogP contribution is 2.47. The number of phenols is 2. The molecule has 0 bridgehead atoms.